The van der Waals surface area contributed by atoms with Crippen LogP contribution in [0.25, 0.3) is 0 Å². The number of nitrogens with one attached hydrogen (secondary N) is 2. The van der Waals surface area contributed by atoms with E-state index in [9.17, 15) is 9.59 Å². The van der Waals surface area contributed by atoms with Gasteiger partial charge in [-0.2, -0.15) is 0 Å². The van der Waals surface area contributed by atoms with Crippen LogP contribution in [0.5, 0.6) is 11.5 Å². The topological polar surface area (TPSA) is 89.6 Å². The lowest BCUT2D eigenvalue weighted by Crippen LogP contribution is -2.30. The lowest BCUT2D eigenvalue weighted by molar-refractivity contribution is -0.122. The summed E-state index contributed by atoms with van der Waals surface area (Å²) < 4.78 is 10.6. The van der Waals surface area contributed by atoms with Gasteiger partial charge in [-0.15, -0.1) is 11.3 Å². The normalized spacial score (nSPS) is 16.9. The Bertz CT molecular complexity index is 909. The third kappa shape index (κ3) is 3.82. The summed E-state index contributed by atoms with van der Waals surface area (Å²) in [6.07, 6.45) is 2.55. The summed E-state index contributed by atoms with van der Waals surface area (Å²) >= 11 is 1.44. The summed E-state index contributed by atoms with van der Waals surface area (Å²) in [4.78, 5) is 30.7. The molecule has 2 amide bonds. The van der Waals surface area contributed by atoms with E-state index in [1.807, 2.05) is 0 Å². The van der Waals surface area contributed by atoms with Gasteiger partial charge in [0.25, 0.3) is 5.91 Å². The summed E-state index contributed by atoms with van der Waals surface area (Å²) in [5, 5.41) is 6.37. The summed E-state index contributed by atoms with van der Waals surface area (Å²) in [5.74, 6) is 1.29. The van der Waals surface area contributed by atoms with Gasteiger partial charge in [0.05, 0.1) is 11.6 Å². The van der Waals surface area contributed by atoms with E-state index >= 15 is 0 Å². The molecule has 0 saturated carbocycles. The van der Waals surface area contributed by atoms with Gasteiger partial charge < -0.3 is 14.8 Å². The van der Waals surface area contributed by atoms with Crippen LogP contribution in [0.4, 0.5) is 5.13 Å². The number of amides is 2. The molecule has 0 saturated heterocycles. The minimum Gasteiger partial charge on any atom is -0.454 e. The number of anilines is 1. The lowest BCUT2D eigenvalue weighted by Gasteiger charge is -2.11. The summed E-state index contributed by atoms with van der Waals surface area (Å²) in [6.45, 7) is 5.12. The molecular weight excluding hydrogens is 378 g/mol. The maximum absolute atomic E-state index is 12.5. The monoisotopic (exact) mass is 401 g/mol. The predicted octanol–water partition coefficient (Wildman–Crippen LogP) is 3.32. The van der Waals surface area contributed by atoms with E-state index in [0.717, 1.165) is 29.8 Å². The van der Waals surface area contributed by atoms with Crippen LogP contribution in [-0.4, -0.2) is 30.1 Å². The Morgan fingerprint density at radius 1 is 1.29 bits per heavy atom. The van der Waals surface area contributed by atoms with Crippen molar-refractivity contribution in [1.29, 1.82) is 0 Å². The highest BCUT2D eigenvalue weighted by atomic mass is 32.1. The molecule has 1 aliphatic carbocycles. The Balaban J connectivity index is 1.41. The van der Waals surface area contributed by atoms with Gasteiger partial charge in [0.15, 0.2) is 16.6 Å². The molecule has 2 heterocycles. The second kappa shape index (κ2) is 7.79. The van der Waals surface area contributed by atoms with Crippen molar-refractivity contribution in [3.8, 4) is 11.5 Å². The van der Waals surface area contributed by atoms with Gasteiger partial charge in [-0.1, -0.05) is 13.8 Å². The SMILES string of the molecule is CC(C)CCNC(=O)[C@@H]1CCc2sc(NC(=O)c3ccc4c(c3)OCO4)nc21. The van der Waals surface area contributed by atoms with E-state index in [4.69, 9.17) is 9.47 Å². The van der Waals surface area contributed by atoms with Gasteiger partial charge >= 0.3 is 0 Å². The molecular formula is C20H23N3O4S. The van der Waals surface area contributed by atoms with Crippen molar-refractivity contribution in [1.82, 2.24) is 10.3 Å². The van der Waals surface area contributed by atoms with Crippen molar-refractivity contribution in [3.63, 3.8) is 0 Å². The number of fused-ring (bicyclic) bond motifs is 2. The Morgan fingerprint density at radius 2 is 2.11 bits per heavy atom. The highest BCUT2D eigenvalue weighted by molar-refractivity contribution is 7.16. The summed E-state index contributed by atoms with van der Waals surface area (Å²) in [6, 6.07) is 5.07. The molecule has 0 spiro atoms. The predicted molar refractivity (Wildman–Crippen MR) is 106 cm³/mol. The van der Waals surface area contributed by atoms with Crippen molar-refractivity contribution < 1.29 is 19.1 Å². The van der Waals surface area contributed by atoms with Gasteiger partial charge in [-0.3, -0.25) is 14.9 Å². The van der Waals surface area contributed by atoms with Gasteiger partial charge in [-0.05, 0) is 43.4 Å². The molecule has 1 aromatic carbocycles. The van der Waals surface area contributed by atoms with Gasteiger partial charge in [-0.25, -0.2) is 4.98 Å². The third-order valence-corrected chi connectivity index (χ3v) is 5.96. The van der Waals surface area contributed by atoms with Gasteiger partial charge in [0, 0.05) is 17.0 Å². The molecule has 7 nitrogen and oxygen atoms in total. The number of aromatic nitrogens is 1. The number of aryl methyl sites for hydroxylation is 1. The Kier molecular flexibility index (Phi) is 5.21. The van der Waals surface area contributed by atoms with E-state index < -0.39 is 0 Å². The van der Waals surface area contributed by atoms with E-state index in [1.54, 1.807) is 18.2 Å². The molecule has 4 rings (SSSR count). The summed E-state index contributed by atoms with van der Waals surface area (Å²) in [5.41, 5.74) is 1.27. The molecule has 0 fully saturated rings. The molecule has 148 valence electrons. The first-order valence-electron chi connectivity index (χ1n) is 9.49. The largest absolute Gasteiger partial charge is 0.454 e. The van der Waals surface area contributed by atoms with Crippen LogP contribution in [0.3, 0.4) is 0 Å². The number of nitrogens with zero attached hydrogens (tertiary/aromatic N) is 1. The first kappa shape index (κ1) is 18.7. The van der Waals surface area contributed by atoms with E-state index in [-0.39, 0.29) is 24.5 Å². The van der Waals surface area contributed by atoms with E-state index in [1.165, 1.54) is 11.3 Å². The number of thiazole rings is 1. The highest BCUT2D eigenvalue weighted by Gasteiger charge is 2.32. The quantitative estimate of drug-likeness (QED) is 0.775. The molecule has 2 N–H and O–H groups in total. The number of rotatable bonds is 6. The number of hydrogen-bond acceptors (Lipinski definition) is 6. The van der Waals surface area contributed by atoms with Crippen LogP contribution in [0, 0.1) is 5.92 Å². The van der Waals surface area contributed by atoms with Crippen LogP contribution < -0.4 is 20.1 Å². The van der Waals surface area contributed by atoms with Gasteiger partial charge in [0.1, 0.15) is 0 Å². The molecule has 0 bridgehead atoms. The highest BCUT2D eigenvalue weighted by Crippen LogP contribution is 2.39. The second-order valence-corrected chi connectivity index (χ2v) is 8.50. The minimum absolute atomic E-state index is 0.0262. The fourth-order valence-electron chi connectivity index (χ4n) is 3.35. The van der Waals surface area contributed by atoms with Crippen LogP contribution in [0.1, 0.15) is 53.5 Å². The maximum atomic E-state index is 12.5. The molecule has 0 radical (unpaired) electrons. The maximum Gasteiger partial charge on any atom is 0.257 e. The van der Waals surface area contributed by atoms with Crippen LogP contribution in [0.15, 0.2) is 18.2 Å². The molecule has 2 aliphatic rings. The molecule has 8 heteroatoms. The molecule has 0 unspecified atom stereocenters. The number of hydrogen-bond donors (Lipinski definition) is 2. The van der Waals surface area contributed by atoms with E-state index in [0.29, 0.717) is 34.7 Å². The molecule has 2 aromatic rings. The molecule has 1 aliphatic heterocycles. The van der Waals surface area contributed by atoms with Gasteiger partial charge in [0.2, 0.25) is 12.7 Å². The fraction of sp³-hybridized carbons (Fsp3) is 0.450. The Labute approximate surface area is 167 Å². The van der Waals surface area contributed by atoms with Crippen molar-refractivity contribution in [3.05, 3.63) is 34.3 Å². The molecule has 1 atom stereocenters. The average molecular weight is 401 g/mol. The van der Waals surface area contributed by atoms with Crippen molar-refractivity contribution in [2.45, 2.75) is 39.0 Å². The van der Waals surface area contributed by atoms with Crippen molar-refractivity contribution in [2.75, 3.05) is 18.7 Å². The minimum atomic E-state index is -0.261. The second-order valence-electron chi connectivity index (χ2n) is 7.41. The molecule has 1 aromatic heterocycles. The standard InChI is InChI=1S/C20H23N3O4S/c1-11(2)7-8-21-19(25)13-4-6-16-17(13)22-20(28-16)23-18(24)12-3-5-14-15(9-12)27-10-26-14/h3,5,9,11,13H,4,6-8,10H2,1-2H3,(H,21,25)(H,22,23,24)/t13-/m1/s1. The number of carbonyl (C=O) groups excluding carboxylic acids is 2. The zero-order valence-electron chi connectivity index (χ0n) is 15.9. The van der Waals surface area contributed by atoms with Crippen LogP contribution in [-0.2, 0) is 11.2 Å². The fourth-order valence-corrected chi connectivity index (χ4v) is 4.38. The number of carbonyl (C=O) groups is 2. The lowest BCUT2D eigenvalue weighted by atomic mass is 10.1. The summed E-state index contributed by atoms with van der Waals surface area (Å²) in [7, 11) is 0. The Morgan fingerprint density at radius 3 is 2.93 bits per heavy atom. The van der Waals surface area contributed by atoms with Crippen molar-refractivity contribution >= 4 is 28.3 Å². The first-order valence-corrected chi connectivity index (χ1v) is 10.3. The van der Waals surface area contributed by atoms with Crippen LogP contribution in [0.2, 0.25) is 0 Å². The smallest absolute Gasteiger partial charge is 0.257 e. The molecule has 28 heavy (non-hydrogen) atoms. The zero-order chi connectivity index (χ0) is 19.7. The first-order chi connectivity index (χ1) is 13.5. The van der Waals surface area contributed by atoms with E-state index in [2.05, 4.69) is 29.5 Å². The third-order valence-electron chi connectivity index (χ3n) is 4.91. The zero-order valence-corrected chi connectivity index (χ0v) is 16.7. The van der Waals surface area contributed by atoms with Crippen molar-refractivity contribution in [2.24, 2.45) is 5.92 Å². The average Bonchev–Trinajstić information content (AvgIpc) is 3.35. The number of benzene rings is 1. The van der Waals surface area contributed by atoms with Crippen LogP contribution >= 0.6 is 11.3 Å². The Hall–Kier alpha value is -2.61. The number of ether oxygens (including phenoxy) is 2.